The Kier molecular flexibility index (Phi) is 7.21. The van der Waals surface area contributed by atoms with E-state index in [1.807, 2.05) is 13.2 Å². The quantitative estimate of drug-likeness (QED) is 0.501. The molecule has 0 radical (unpaired) electrons. The largest absolute Gasteiger partial charge is 0.418 e. The number of nitrogens with zero attached hydrogens (tertiary/aromatic N) is 3. The van der Waals surface area contributed by atoms with Crippen molar-refractivity contribution < 1.29 is 13.2 Å². The molecule has 1 unspecified atom stereocenters. The Bertz CT molecular complexity index is 600. The van der Waals surface area contributed by atoms with Crippen molar-refractivity contribution in [2.75, 3.05) is 37.3 Å². The number of allylic oxidation sites excluding steroid dienone is 1. The van der Waals surface area contributed by atoms with E-state index in [-0.39, 0.29) is 5.56 Å². The maximum Gasteiger partial charge on any atom is 0.418 e. The maximum atomic E-state index is 12.7. The van der Waals surface area contributed by atoms with Crippen molar-refractivity contribution in [2.45, 2.75) is 19.1 Å². The molecule has 0 aromatic heterocycles. The number of piperazine rings is 1. The Labute approximate surface area is 153 Å². The zero-order valence-corrected chi connectivity index (χ0v) is 15.6. The van der Waals surface area contributed by atoms with Crippen LogP contribution in [0, 0.1) is 4.91 Å². The lowest BCUT2D eigenvalue weighted by Crippen LogP contribution is -2.43. The summed E-state index contributed by atoms with van der Waals surface area (Å²) in [5.41, 5.74) is 0.731. The van der Waals surface area contributed by atoms with Gasteiger partial charge in [-0.25, -0.2) is 4.31 Å². The van der Waals surface area contributed by atoms with Gasteiger partial charge in [0.15, 0.2) is 0 Å². The van der Waals surface area contributed by atoms with E-state index in [0.29, 0.717) is 0 Å². The Hall–Kier alpha value is -1.19. The molecule has 0 saturated carbocycles. The third-order valence-electron chi connectivity index (χ3n) is 3.88. The fourth-order valence-corrected chi connectivity index (χ4v) is 4.11. The van der Waals surface area contributed by atoms with Crippen molar-refractivity contribution in [3.63, 3.8) is 0 Å². The molecule has 0 bridgehead atoms. The Morgan fingerprint density at radius 2 is 1.80 bits per heavy atom. The Morgan fingerprint density at radius 1 is 1.20 bits per heavy atom. The molecule has 0 spiro atoms. The van der Waals surface area contributed by atoms with E-state index in [0.717, 1.165) is 31.9 Å². The molecule has 1 fully saturated rings. The van der Waals surface area contributed by atoms with Gasteiger partial charge in [0, 0.05) is 31.9 Å². The smallest absolute Gasteiger partial charge is 0.369 e. The van der Waals surface area contributed by atoms with Gasteiger partial charge in [-0.2, -0.15) is 13.2 Å². The average molecular weight is 391 g/mol. The van der Waals surface area contributed by atoms with E-state index in [1.54, 1.807) is 35.8 Å². The van der Waals surface area contributed by atoms with Crippen LogP contribution in [0.15, 0.2) is 39.8 Å². The third-order valence-corrected chi connectivity index (χ3v) is 6.28. The molecule has 1 aromatic carbocycles. The first-order chi connectivity index (χ1) is 11.9. The lowest BCUT2D eigenvalue weighted by molar-refractivity contribution is -0.148. The number of hydrogen-bond donors (Lipinski definition) is 0. The van der Waals surface area contributed by atoms with Gasteiger partial charge < -0.3 is 4.90 Å². The van der Waals surface area contributed by atoms with Crippen molar-refractivity contribution in [1.29, 1.82) is 0 Å². The minimum absolute atomic E-state index is 0.127. The molecule has 1 heterocycles. The molecule has 0 N–H and O–H groups in total. The van der Waals surface area contributed by atoms with Crippen molar-refractivity contribution in [1.82, 2.24) is 4.31 Å². The van der Waals surface area contributed by atoms with Gasteiger partial charge in [-0.05, 0) is 42.8 Å². The lowest BCUT2D eigenvalue weighted by atomic mass is 10.1. The highest BCUT2D eigenvalue weighted by Gasteiger charge is 2.42. The summed E-state index contributed by atoms with van der Waals surface area (Å²) < 4.78 is 41.8. The van der Waals surface area contributed by atoms with E-state index in [2.05, 4.69) is 20.5 Å². The molecule has 4 nitrogen and oxygen atoms in total. The van der Waals surface area contributed by atoms with Crippen LogP contribution in [0.25, 0.3) is 0 Å². The van der Waals surface area contributed by atoms with Crippen LogP contribution in [0.2, 0.25) is 0 Å². The fraction of sp³-hybridized carbons (Fsp3) is 0.500. The molecular weight excluding hydrogens is 371 g/mol. The van der Waals surface area contributed by atoms with Gasteiger partial charge in [-0.3, -0.25) is 0 Å². The van der Waals surface area contributed by atoms with Gasteiger partial charge in [-0.15, -0.1) is 16.7 Å². The van der Waals surface area contributed by atoms with Gasteiger partial charge >= 0.3 is 6.18 Å². The second-order valence-corrected chi connectivity index (χ2v) is 7.71. The molecule has 1 saturated heterocycles. The molecule has 1 aromatic rings. The van der Waals surface area contributed by atoms with Crippen LogP contribution < -0.4 is 4.90 Å². The van der Waals surface area contributed by atoms with Gasteiger partial charge in [0.2, 0.25) is 6.04 Å². The Balaban J connectivity index is 1.97. The molecule has 0 aliphatic carbocycles. The van der Waals surface area contributed by atoms with E-state index in [1.165, 1.54) is 16.4 Å². The third kappa shape index (κ3) is 5.39. The molecule has 1 atom stereocenters. The van der Waals surface area contributed by atoms with Gasteiger partial charge in [0.05, 0.1) is 4.24 Å². The molecule has 9 heteroatoms. The zero-order chi connectivity index (χ0) is 18.4. The predicted molar refractivity (Wildman–Crippen MR) is 99.7 cm³/mol. The van der Waals surface area contributed by atoms with Crippen molar-refractivity contribution in [3.8, 4) is 0 Å². The number of alkyl halides is 3. The van der Waals surface area contributed by atoms with Crippen LogP contribution in [0.5, 0.6) is 0 Å². The molecule has 2 rings (SSSR count). The predicted octanol–water partition coefficient (Wildman–Crippen LogP) is 5.05. The van der Waals surface area contributed by atoms with E-state index in [4.69, 9.17) is 0 Å². The molecule has 138 valence electrons. The van der Waals surface area contributed by atoms with Crippen LogP contribution in [0.4, 0.5) is 18.9 Å². The van der Waals surface area contributed by atoms with Crippen LogP contribution in [0.1, 0.15) is 18.5 Å². The average Bonchev–Trinajstić information content (AvgIpc) is 2.60. The molecular formula is C16H20F3N3OS2. The summed E-state index contributed by atoms with van der Waals surface area (Å²) in [6.07, 6.45) is -0.533. The van der Waals surface area contributed by atoms with Crippen LogP contribution in [0.3, 0.4) is 0 Å². The highest BCUT2D eigenvalue weighted by molar-refractivity contribution is 8.20. The van der Waals surface area contributed by atoms with Crippen molar-refractivity contribution >= 4 is 29.4 Å². The van der Waals surface area contributed by atoms with Gasteiger partial charge in [0.25, 0.3) is 0 Å². The monoisotopic (exact) mass is 391 g/mol. The van der Waals surface area contributed by atoms with Crippen molar-refractivity contribution in [2.24, 2.45) is 5.18 Å². The van der Waals surface area contributed by atoms with Gasteiger partial charge in [0.1, 0.15) is 0 Å². The fourth-order valence-electron chi connectivity index (χ4n) is 2.55. The standard InChI is InChI=1S/C16H20F3N3OS2/c1-3-14(24-2)25-22-10-8-21(9-11-22)13-6-4-12(5-7-13)15(20-23)16(17,18)19/h3-7,15H,8-11H2,1-2H3/b14-3+. The molecule has 1 aliphatic rings. The van der Waals surface area contributed by atoms with Crippen LogP contribution >= 0.6 is 23.7 Å². The van der Waals surface area contributed by atoms with E-state index < -0.39 is 12.2 Å². The summed E-state index contributed by atoms with van der Waals surface area (Å²) in [6.45, 7) is 5.34. The number of halogens is 3. The SMILES string of the molecule is C/C=C(\SC)SN1CCN(c2ccc(C(N=O)C(F)(F)F)cc2)CC1. The first-order valence-electron chi connectivity index (χ1n) is 7.76. The van der Waals surface area contributed by atoms with Crippen molar-refractivity contribution in [3.05, 3.63) is 45.0 Å². The van der Waals surface area contributed by atoms with Gasteiger partial charge in [-0.1, -0.05) is 23.4 Å². The second kappa shape index (κ2) is 8.95. The molecule has 25 heavy (non-hydrogen) atoms. The minimum atomic E-state index is -4.66. The van der Waals surface area contributed by atoms with Crippen LogP contribution in [-0.4, -0.2) is 42.9 Å². The topological polar surface area (TPSA) is 35.9 Å². The first-order valence-corrected chi connectivity index (χ1v) is 9.76. The summed E-state index contributed by atoms with van der Waals surface area (Å²) in [6, 6.07) is 3.62. The van der Waals surface area contributed by atoms with E-state index in [9.17, 15) is 18.1 Å². The molecule has 1 aliphatic heterocycles. The summed E-state index contributed by atoms with van der Waals surface area (Å²) in [5, 5.41) is 2.22. The summed E-state index contributed by atoms with van der Waals surface area (Å²) in [4.78, 5) is 12.6. The number of nitroso groups, excluding NO2 is 1. The second-order valence-electron chi connectivity index (χ2n) is 5.46. The summed E-state index contributed by atoms with van der Waals surface area (Å²) in [7, 11) is 0. The van der Waals surface area contributed by atoms with E-state index >= 15 is 0 Å². The first kappa shape index (κ1) is 20.1. The molecule has 0 amide bonds. The zero-order valence-electron chi connectivity index (χ0n) is 14.0. The summed E-state index contributed by atoms with van der Waals surface area (Å²) >= 11 is 3.45. The number of anilines is 1. The summed E-state index contributed by atoms with van der Waals surface area (Å²) in [5.74, 6) is 0. The van der Waals surface area contributed by atoms with Crippen LogP contribution in [-0.2, 0) is 0 Å². The number of thioether (sulfide) groups is 1. The highest BCUT2D eigenvalue weighted by atomic mass is 32.2. The lowest BCUT2D eigenvalue weighted by Gasteiger charge is -2.35. The number of rotatable bonds is 6. The number of hydrogen-bond acceptors (Lipinski definition) is 6. The normalized spacial score (nSPS) is 18.3. The number of benzene rings is 1. The highest BCUT2D eigenvalue weighted by Crippen LogP contribution is 2.36. The minimum Gasteiger partial charge on any atom is -0.369 e. The maximum absolute atomic E-state index is 12.7. The Morgan fingerprint density at radius 3 is 2.24 bits per heavy atom.